The fourth-order valence-corrected chi connectivity index (χ4v) is 2.89. The summed E-state index contributed by atoms with van der Waals surface area (Å²) in [5.74, 6) is 0.170. The third-order valence-corrected chi connectivity index (χ3v) is 4.43. The van der Waals surface area contributed by atoms with Crippen LogP contribution >= 0.6 is 0 Å². The third-order valence-electron chi connectivity index (χ3n) is 4.43. The summed E-state index contributed by atoms with van der Waals surface area (Å²) < 4.78 is 19.2. The minimum Gasteiger partial charge on any atom is -0.380 e. The molecule has 0 spiro atoms. The Kier molecular flexibility index (Phi) is 4.81. The van der Waals surface area contributed by atoms with Crippen LogP contribution in [0.2, 0.25) is 0 Å². The Morgan fingerprint density at radius 3 is 2.62 bits per heavy atom. The van der Waals surface area contributed by atoms with Crippen LogP contribution in [0.25, 0.3) is 0 Å². The van der Waals surface area contributed by atoms with Gasteiger partial charge in [0, 0.05) is 23.8 Å². The summed E-state index contributed by atoms with van der Waals surface area (Å²) in [6.45, 7) is 0.981. The van der Waals surface area contributed by atoms with Gasteiger partial charge in [0.2, 0.25) is 0 Å². The number of hydrogen-bond donors (Lipinski definition) is 2. The van der Waals surface area contributed by atoms with Crippen molar-refractivity contribution in [3.63, 3.8) is 0 Å². The molecule has 0 aliphatic heterocycles. The lowest BCUT2D eigenvalue weighted by Crippen LogP contribution is -2.25. The molecule has 3 N–H and O–H groups in total. The van der Waals surface area contributed by atoms with Gasteiger partial charge in [0.1, 0.15) is 5.82 Å². The van der Waals surface area contributed by atoms with Crippen LogP contribution in [0.4, 0.5) is 10.1 Å². The van der Waals surface area contributed by atoms with Crippen LogP contribution in [-0.4, -0.2) is 19.6 Å². The Morgan fingerprint density at radius 1 is 1.21 bits per heavy atom. The van der Waals surface area contributed by atoms with Gasteiger partial charge in [-0.1, -0.05) is 36.4 Å². The van der Waals surface area contributed by atoms with E-state index in [1.54, 1.807) is 13.2 Å². The van der Waals surface area contributed by atoms with Crippen LogP contribution in [0.1, 0.15) is 24.0 Å². The van der Waals surface area contributed by atoms with Crippen molar-refractivity contribution in [2.75, 3.05) is 19.0 Å². The first kappa shape index (κ1) is 16.5. The van der Waals surface area contributed by atoms with E-state index in [1.165, 1.54) is 6.07 Å². The molecule has 1 aliphatic rings. The highest BCUT2D eigenvalue weighted by atomic mass is 19.1. The van der Waals surface area contributed by atoms with Crippen molar-refractivity contribution in [1.29, 1.82) is 0 Å². The highest BCUT2D eigenvalue weighted by Crippen LogP contribution is 2.49. The Bertz CT molecular complexity index is 741. The number of rotatable bonds is 6. The van der Waals surface area contributed by atoms with Crippen molar-refractivity contribution < 1.29 is 9.13 Å². The molecule has 0 saturated heterocycles. The van der Waals surface area contributed by atoms with Crippen LogP contribution in [0.15, 0.2) is 53.5 Å². The molecule has 0 atom stereocenters. The highest BCUT2D eigenvalue weighted by molar-refractivity contribution is 5.93. The van der Waals surface area contributed by atoms with Crippen LogP contribution in [0.3, 0.4) is 0 Å². The van der Waals surface area contributed by atoms with Gasteiger partial charge in [-0.3, -0.25) is 4.99 Å². The molecule has 1 fully saturated rings. The van der Waals surface area contributed by atoms with Gasteiger partial charge in [0.15, 0.2) is 5.96 Å². The van der Waals surface area contributed by atoms with Crippen molar-refractivity contribution in [3.05, 3.63) is 65.5 Å². The molecular formula is C19H22FN3O. The Balaban J connectivity index is 1.70. The molecule has 1 saturated carbocycles. The number of nitrogens with one attached hydrogen (secondary N) is 1. The van der Waals surface area contributed by atoms with Crippen molar-refractivity contribution in [2.45, 2.75) is 24.9 Å². The summed E-state index contributed by atoms with van der Waals surface area (Å²) in [6, 6.07) is 14.7. The average Bonchev–Trinajstić information content (AvgIpc) is 3.36. The monoisotopic (exact) mass is 327 g/mol. The molecule has 0 bridgehead atoms. The van der Waals surface area contributed by atoms with E-state index in [0.29, 0.717) is 19.1 Å². The maximum Gasteiger partial charge on any atom is 0.193 e. The van der Waals surface area contributed by atoms with Gasteiger partial charge in [-0.2, -0.15) is 0 Å². The van der Waals surface area contributed by atoms with Crippen LogP contribution in [0.5, 0.6) is 0 Å². The first-order valence-electron chi connectivity index (χ1n) is 8.03. The highest BCUT2D eigenvalue weighted by Gasteiger charge is 2.45. The number of ether oxygens (including phenoxy) is 1. The molecule has 4 nitrogen and oxygen atoms in total. The molecule has 0 aromatic heterocycles. The smallest absolute Gasteiger partial charge is 0.193 e. The Labute approximate surface area is 141 Å². The first-order valence-corrected chi connectivity index (χ1v) is 8.03. The molecule has 0 radical (unpaired) electrons. The number of nitrogens with two attached hydrogens (primary N) is 1. The second-order valence-electron chi connectivity index (χ2n) is 6.18. The van der Waals surface area contributed by atoms with E-state index in [2.05, 4.69) is 10.3 Å². The zero-order valence-electron chi connectivity index (χ0n) is 13.8. The maximum atomic E-state index is 14.0. The second-order valence-corrected chi connectivity index (χ2v) is 6.18. The number of benzene rings is 2. The number of halogens is 1. The lowest BCUT2D eigenvalue weighted by atomic mass is 9.95. The molecular weight excluding hydrogens is 305 g/mol. The molecule has 1 aliphatic carbocycles. The first-order chi connectivity index (χ1) is 11.6. The predicted molar refractivity (Wildman–Crippen MR) is 94.6 cm³/mol. The zero-order valence-corrected chi connectivity index (χ0v) is 13.8. The van der Waals surface area contributed by atoms with Crippen molar-refractivity contribution in [1.82, 2.24) is 0 Å². The fourth-order valence-electron chi connectivity index (χ4n) is 2.89. The van der Waals surface area contributed by atoms with Crippen LogP contribution < -0.4 is 11.1 Å². The molecule has 126 valence electrons. The standard InChI is InChI=1S/C19H22FN3O/c1-24-12-14-6-2-5-9-17(14)23-18(21)22-13-19(10-11-19)15-7-3-4-8-16(15)20/h2-9H,10-13H2,1H3,(H3,21,22,23). The van der Waals surface area contributed by atoms with E-state index in [9.17, 15) is 4.39 Å². The number of nitrogens with zero attached hydrogens (tertiary/aromatic N) is 1. The predicted octanol–water partition coefficient (Wildman–Crippen LogP) is 3.43. The average molecular weight is 327 g/mol. The lowest BCUT2D eigenvalue weighted by molar-refractivity contribution is 0.185. The quantitative estimate of drug-likeness (QED) is 0.631. The van der Waals surface area contributed by atoms with E-state index in [4.69, 9.17) is 10.5 Å². The summed E-state index contributed by atoms with van der Waals surface area (Å²) in [5.41, 5.74) is 8.44. The minimum absolute atomic E-state index is 0.165. The number of anilines is 1. The molecule has 0 unspecified atom stereocenters. The molecule has 3 rings (SSSR count). The largest absolute Gasteiger partial charge is 0.380 e. The Morgan fingerprint density at radius 2 is 1.92 bits per heavy atom. The topological polar surface area (TPSA) is 59.6 Å². The van der Waals surface area contributed by atoms with Crippen LogP contribution in [-0.2, 0) is 16.8 Å². The fraction of sp³-hybridized carbons (Fsp3) is 0.316. The molecule has 2 aromatic carbocycles. The summed E-state index contributed by atoms with van der Waals surface area (Å²) in [4.78, 5) is 4.45. The number of hydrogen-bond acceptors (Lipinski definition) is 2. The van der Waals surface area contributed by atoms with E-state index in [-0.39, 0.29) is 11.2 Å². The number of methoxy groups -OCH3 is 1. The summed E-state index contributed by atoms with van der Waals surface area (Å²) >= 11 is 0. The molecule has 2 aromatic rings. The number of aliphatic imine (C=N–C) groups is 1. The van der Waals surface area contributed by atoms with E-state index >= 15 is 0 Å². The number of guanidine groups is 1. The Hall–Kier alpha value is -2.40. The third kappa shape index (κ3) is 3.57. The van der Waals surface area contributed by atoms with Gasteiger partial charge in [-0.15, -0.1) is 0 Å². The normalized spacial score (nSPS) is 16.0. The van der Waals surface area contributed by atoms with Gasteiger partial charge in [0.25, 0.3) is 0 Å². The van der Waals surface area contributed by atoms with Crippen molar-refractivity contribution >= 4 is 11.6 Å². The lowest BCUT2D eigenvalue weighted by Gasteiger charge is -2.15. The van der Waals surface area contributed by atoms with E-state index in [1.807, 2.05) is 36.4 Å². The molecule has 0 amide bonds. The van der Waals surface area contributed by atoms with Gasteiger partial charge < -0.3 is 15.8 Å². The van der Waals surface area contributed by atoms with Gasteiger partial charge in [-0.05, 0) is 30.5 Å². The molecule has 24 heavy (non-hydrogen) atoms. The van der Waals surface area contributed by atoms with Crippen molar-refractivity contribution in [2.24, 2.45) is 10.7 Å². The SMILES string of the molecule is COCc1ccccc1NC(N)=NCC1(c2ccccc2F)CC1. The van der Waals surface area contributed by atoms with E-state index < -0.39 is 0 Å². The second kappa shape index (κ2) is 7.01. The molecule has 0 heterocycles. The van der Waals surface area contributed by atoms with E-state index in [0.717, 1.165) is 29.7 Å². The minimum atomic E-state index is -0.205. The van der Waals surface area contributed by atoms with Crippen LogP contribution in [0, 0.1) is 5.82 Å². The zero-order chi connectivity index (χ0) is 17.0. The summed E-state index contributed by atoms with van der Waals surface area (Å²) in [5, 5.41) is 3.12. The number of para-hydroxylation sites is 1. The summed E-state index contributed by atoms with van der Waals surface area (Å²) in [7, 11) is 1.65. The van der Waals surface area contributed by atoms with Gasteiger partial charge in [-0.25, -0.2) is 4.39 Å². The van der Waals surface area contributed by atoms with Gasteiger partial charge >= 0.3 is 0 Å². The van der Waals surface area contributed by atoms with Crippen molar-refractivity contribution in [3.8, 4) is 0 Å². The maximum absolute atomic E-state index is 14.0. The molecule has 5 heteroatoms. The summed E-state index contributed by atoms with van der Waals surface area (Å²) in [6.07, 6.45) is 1.87. The van der Waals surface area contributed by atoms with Gasteiger partial charge in [0.05, 0.1) is 13.2 Å².